The fourth-order valence-corrected chi connectivity index (χ4v) is 18.3. The number of nitrogens with zero attached hydrogens (tertiary/aromatic N) is 3. The van der Waals surface area contributed by atoms with Crippen LogP contribution in [0.4, 0.5) is 5.69 Å². The number of aromatic nitrogens is 2. The van der Waals surface area contributed by atoms with Crippen LogP contribution in [0, 0.1) is 118 Å². The minimum absolute atomic E-state index is 0.966. The van der Waals surface area contributed by atoms with E-state index in [1.165, 1.54) is 206 Å². The molecule has 0 fully saturated rings. The number of rotatable bonds is 1. The Bertz CT molecular complexity index is 7050. The lowest BCUT2D eigenvalue weighted by Crippen LogP contribution is -2.07. The minimum atomic E-state index is 0.966. The molecule has 7 heteroatoms. The maximum atomic E-state index is 5.78. The molecule has 124 heavy (non-hydrogen) atoms. The molecule has 0 aliphatic carbocycles. The first-order valence-electron chi connectivity index (χ1n) is 42.9. The first-order valence-corrected chi connectivity index (χ1v) is 44.5. The lowest BCUT2D eigenvalue weighted by molar-refractivity contribution is 0.666. The highest BCUT2D eigenvalue weighted by Crippen LogP contribution is 2.39. The number of furan rings is 2. The Kier molecular flexibility index (Phi) is 28.8. The van der Waals surface area contributed by atoms with Gasteiger partial charge in [-0.15, -0.1) is 22.7 Å². The third-order valence-electron chi connectivity index (χ3n) is 22.9. The van der Waals surface area contributed by atoms with Crippen LogP contribution in [0.25, 0.3) is 128 Å². The molecule has 0 spiro atoms. The monoisotopic (exact) mass is 1660 g/mol. The molecule has 22 aromatic rings. The normalized spacial score (nSPS) is 10.8. The molecule has 16 aromatic carbocycles. The van der Waals surface area contributed by atoms with Crippen molar-refractivity contribution < 1.29 is 8.83 Å². The van der Waals surface area contributed by atoms with Gasteiger partial charge >= 0.3 is 0 Å². The molecule has 0 N–H and O–H groups in total. The van der Waals surface area contributed by atoms with Crippen LogP contribution in [-0.2, 0) is 14.1 Å². The van der Waals surface area contributed by atoms with E-state index in [1.54, 1.807) is 0 Å². The zero-order valence-corrected chi connectivity index (χ0v) is 77.8. The lowest BCUT2D eigenvalue weighted by atomic mass is 10.0. The van der Waals surface area contributed by atoms with E-state index in [1.807, 2.05) is 79.2 Å². The Labute approximate surface area is 741 Å². The predicted octanol–water partition coefficient (Wildman–Crippen LogP) is 34.0. The number of hydrogen-bond donors (Lipinski definition) is 0. The molecule has 5 nitrogen and oxygen atoms in total. The van der Waals surface area contributed by atoms with Crippen LogP contribution >= 0.6 is 22.7 Å². The highest BCUT2D eigenvalue weighted by molar-refractivity contribution is 7.26. The number of para-hydroxylation sites is 4. The van der Waals surface area contributed by atoms with E-state index in [-0.39, 0.29) is 0 Å². The molecule has 0 saturated heterocycles. The van der Waals surface area contributed by atoms with E-state index < -0.39 is 0 Å². The summed E-state index contributed by atoms with van der Waals surface area (Å²) in [6.45, 7) is 36.1. The van der Waals surface area contributed by atoms with Gasteiger partial charge in [-0.25, -0.2) is 0 Å². The summed E-state index contributed by atoms with van der Waals surface area (Å²) in [6.07, 6.45) is 0. The highest BCUT2D eigenvalue weighted by atomic mass is 32.1. The Morgan fingerprint density at radius 3 is 1.12 bits per heavy atom. The zero-order valence-electron chi connectivity index (χ0n) is 76.2. The Morgan fingerprint density at radius 1 is 0.210 bits per heavy atom. The van der Waals surface area contributed by atoms with Gasteiger partial charge in [0.2, 0.25) is 0 Å². The number of hydrogen-bond acceptors (Lipinski definition) is 5. The van der Waals surface area contributed by atoms with Crippen molar-refractivity contribution in [2.24, 2.45) is 14.1 Å². The quantitative estimate of drug-likeness (QED) is 0.164. The highest BCUT2D eigenvalue weighted by Gasteiger charge is 2.16. The van der Waals surface area contributed by atoms with Gasteiger partial charge in [-0.2, -0.15) is 0 Å². The fourth-order valence-electron chi connectivity index (χ4n) is 16.0. The maximum Gasteiger partial charge on any atom is 0.138 e. The van der Waals surface area contributed by atoms with Crippen molar-refractivity contribution in [1.82, 2.24) is 9.13 Å². The summed E-state index contributed by atoms with van der Waals surface area (Å²) in [7, 11) is 8.41. The summed E-state index contributed by atoms with van der Waals surface area (Å²) >= 11 is 3.76. The second-order valence-corrected chi connectivity index (χ2v) is 35.7. The topological polar surface area (TPSA) is 39.4 Å². The summed E-state index contributed by atoms with van der Waals surface area (Å²) < 4.78 is 21.7. The van der Waals surface area contributed by atoms with Gasteiger partial charge in [-0.05, 0) is 242 Å². The average Bonchev–Trinajstić information content (AvgIpc) is 1.57. The summed E-state index contributed by atoms with van der Waals surface area (Å²) in [5.41, 5.74) is 33.1. The molecule has 6 heterocycles. The van der Waals surface area contributed by atoms with Gasteiger partial charge in [0.1, 0.15) is 22.3 Å². The van der Waals surface area contributed by atoms with Gasteiger partial charge in [0.25, 0.3) is 0 Å². The Balaban J connectivity index is 0.000000121. The van der Waals surface area contributed by atoms with Crippen LogP contribution in [0.2, 0.25) is 0 Å². The van der Waals surface area contributed by atoms with Crippen LogP contribution in [-0.4, -0.2) is 23.2 Å². The van der Waals surface area contributed by atoms with Crippen LogP contribution in [0.3, 0.4) is 0 Å². The summed E-state index contributed by atoms with van der Waals surface area (Å²) in [4.78, 5) is 2.10. The van der Waals surface area contributed by atoms with E-state index in [0.29, 0.717) is 0 Å². The van der Waals surface area contributed by atoms with Gasteiger partial charge in [0.15, 0.2) is 0 Å². The van der Waals surface area contributed by atoms with Crippen LogP contribution in [0.1, 0.15) is 94.6 Å². The van der Waals surface area contributed by atoms with Crippen molar-refractivity contribution in [2.45, 2.75) is 118 Å². The van der Waals surface area contributed by atoms with Crippen molar-refractivity contribution in [1.29, 1.82) is 0 Å². The van der Waals surface area contributed by atoms with Crippen molar-refractivity contribution in [2.75, 3.05) is 19.0 Å². The van der Waals surface area contributed by atoms with E-state index in [9.17, 15) is 0 Å². The van der Waals surface area contributed by atoms with E-state index in [2.05, 4.69) is 431 Å². The minimum Gasteiger partial charge on any atom is -0.456 e. The molecule has 0 aliphatic heterocycles. The molecular formula is C117H117N3O2S2. The third-order valence-corrected chi connectivity index (χ3v) is 25.4. The van der Waals surface area contributed by atoms with Crippen LogP contribution in [0.15, 0.2) is 336 Å². The summed E-state index contributed by atoms with van der Waals surface area (Å²) in [5.74, 6) is 0. The SMILES string of the molecule is Cc1cc(C)c(C)cc1C.Cc1cc(C)cc(C)c1.Cc1ccc(C)cc1.Cc1ccc(N(C)C)cc1.Cc1ccc2c(c1)c1cc3c4ccccc4n(C)c3cc1n2C.Cc1ccc2oc3ccccc3c2c1.Cc1ccc2sc3ccccc3c2c1.Cc1cccc(C)c1.Cc1cccc2c1oc1ccccc12.Cc1cccc2c1sc1ccccc12. The Hall–Kier alpha value is -13.0. The number of anilines is 1. The van der Waals surface area contributed by atoms with Gasteiger partial charge in [-0.3, -0.25) is 0 Å². The maximum absolute atomic E-state index is 5.78. The van der Waals surface area contributed by atoms with Crippen LogP contribution < -0.4 is 4.90 Å². The van der Waals surface area contributed by atoms with E-state index in [4.69, 9.17) is 8.83 Å². The van der Waals surface area contributed by atoms with Crippen molar-refractivity contribution in [3.05, 3.63) is 422 Å². The van der Waals surface area contributed by atoms with Gasteiger partial charge < -0.3 is 22.9 Å². The van der Waals surface area contributed by atoms with E-state index >= 15 is 0 Å². The largest absolute Gasteiger partial charge is 0.456 e. The molecular weight excluding hydrogens is 1540 g/mol. The summed E-state index contributed by atoms with van der Waals surface area (Å²) in [5, 5.41) is 15.7. The molecule has 0 radical (unpaired) electrons. The zero-order chi connectivity index (χ0) is 88.0. The second-order valence-electron chi connectivity index (χ2n) is 33.6. The second kappa shape index (κ2) is 40.3. The number of aryl methyl sites for hydroxylation is 19. The molecule has 6 aromatic heterocycles. The molecule has 0 aliphatic rings. The van der Waals surface area contributed by atoms with Crippen molar-refractivity contribution >= 4 is 156 Å². The standard InChI is InChI=1S/C21H18N2.2C13H10O.2C13H10S.C10H14.C9H13N.C9H12.2C8H10/c1-13-8-9-19-15(10-13)17-11-16-14-6-4-5-7-18(14)22(2)20(16)12-21(17)23(19)3;1-9-5-4-7-11-10-6-2-3-8-12(10)14-13(9)11;1-9-6-7-13-11(8-9)10-4-2-3-5-12(10)14-13;1-9-5-4-7-11-10-6-2-3-8-12(10)14-13(9)11;1-9-6-7-13-11(8-9)10-4-2-3-5-12(10)14-13;1-7-5-9(3)10(4)6-8(7)2;1-8-4-6-9(7-5-8)10(2)3;1-7-4-8(2)6-9(3)5-7;1-7-3-5-8(2)6-4-7;1-7-4-3-5-8(2)6-7/h4-12H,1-3H3;4*2-8H,1H3;5-6H,1-4H3;4-7H,1-3H3;4-6H,1-3H3;2*3-6H,1-2H3. The fraction of sp³-hybridized carbons (Fsp3) is 0.179. The number of fused-ring (bicyclic) bond motifs is 18. The van der Waals surface area contributed by atoms with Gasteiger partial charge in [0, 0.05) is 128 Å². The summed E-state index contributed by atoms with van der Waals surface area (Å²) in [6, 6.07) is 116. The Morgan fingerprint density at radius 2 is 0.573 bits per heavy atom. The first-order chi connectivity index (χ1) is 59.6. The smallest absolute Gasteiger partial charge is 0.138 e. The predicted molar refractivity (Wildman–Crippen MR) is 548 cm³/mol. The van der Waals surface area contributed by atoms with Crippen molar-refractivity contribution in [3.8, 4) is 0 Å². The molecule has 0 bridgehead atoms. The average molecular weight is 1660 g/mol. The van der Waals surface area contributed by atoms with E-state index in [0.717, 1.165) is 22.3 Å². The number of benzene rings is 16. The van der Waals surface area contributed by atoms with Crippen molar-refractivity contribution in [3.63, 3.8) is 0 Å². The molecule has 0 unspecified atom stereocenters. The molecule has 0 atom stereocenters. The third kappa shape index (κ3) is 21.5. The molecule has 22 rings (SSSR count). The number of thiophene rings is 2. The molecule has 0 saturated carbocycles. The first kappa shape index (κ1) is 88.7. The molecule has 624 valence electrons. The molecule has 0 amide bonds. The van der Waals surface area contributed by atoms with Gasteiger partial charge in [0.05, 0.1) is 11.0 Å². The lowest BCUT2D eigenvalue weighted by Gasteiger charge is -2.11. The van der Waals surface area contributed by atoms with Crippen LogP contribution in [0.5, 0.6) is 0 Å². The van der Waals surface area contributed by atoms with Gasteiger partial charge in [-0.1, -0.05) is 298 Å².